The fourth-order valence-corrected chi connectivity index (χ4v) is 0.614. The van der Waals surface area contributed by atoms with Crippen LogP contribution in [0.15, 0.2) is 0 Å². The normalized spacial score (nSPS) is 13.9. The van der Waals surface area contributed by atoms with Crippen molar-refractivity contribution >= 4 is 5.91 Å². The van der Waals surface area contributed by atoms with Crippen molar-refractivity contribution < 1.29 is 18.0 Å². The van der Waals surface area contributed by atoms with Gasteiger partial charge in [0, 0.05) is 12.6 Å². The molecule has 6 heteroatoms. The highest BCUT2D eigenvalue weighted by Crippen LogP contribution is 2.18. The Morgan fingerprint density at radius 3 is 2.38 bits per heavy atom. The molecular formula is C7H13F3N2O. The SMILES string of the molecule is CNC(C)CNC(=O)CC(F)(F)F. The molecule has 0 aromatic rings. The van der Waals surface area contributed by atoms with E-state index in [1.54, 1.807) is 14.0 Å². The van der Waals surface area contributed by atoms with Gasteiger partial charge in [0.25, 0.3) is 0 Å². The maximum atomic E-state index is 11.6. The van der Waals surface area contributed by atoms with E-state index >= 15 is 0 Å². The van der Waals surface area contributed by atoms with E-state index in [-0.39, 0.29) is 12.6 Å². The smallest absolute Gasteiger partial charge is 0.354 e. The van der Waals surface area contributed by atoms with E-state index in [9.17, 15) is 18.0 Å². The molecule has 0 aliphatic carbocycles. The molecule has 1 amide bonds. The Kier molecular flexibility index (Phi) is 4.76. The van der Waals surface area contributed by atoms with E-state index in [1.165, 1.54) is 0 Å². The summed E-state index contributed by atoms with van der Waals surface area (Å²) in [6.45, 7) is 1.96. The van der Waals surface area contributed by atoms with Gasteiger partial charge in [0.05, 0.1) is 0 Å². The summed E-state index contributed by atoms with van der Waals surface area (Å²) in [5.41, 5.74) is 0. The van der Waals surface area contributed by atoms with Crippen LogP contribution in [-0.4, -0.2) is 31.7 Å². The molecule has 0 saturated heterocycles. The minimum absolute atomic E-state index is 0.0304. The van der Waals surface area contributed by atoms with Gasteiger partial charge in [0.1, 0.15) is 6.42 Å². The first-order valence-corrected chi connectivity index (χ1v) is 3.86. The molecule has 0 bridgehead atoms. The summed E-state index contributed by atoms with van der Waals surface area (Å²) in [5.74, 6) is -0.991. The van der Waals surface area contributed by atoms with E-state index in [0.717, 1.165) is 0 Å². The van der Waals surface area contributed by atoms with Gasteiger partial charge in [-0.3, -0.25) is 4.79 Å². The summed E-state index contributed by atoms with van der Waals surface area (Å²) in [6, 6.07) is -0.0304. The van der Waals surface area contributed by atoms with E-state index in [1.807, 2.05) is 0 Å². The highest BCUT2D eigenvalue weighted by Gasteiger charge is 2.30. The van der Waals surface area contributed by atoms with Crippen molar-refractivity contribution in [2.24, 2.45) is 0 Å². The molecular weight excluding hydrogens is 185 g/mol. The third-order valence-electron chi connectivity index (χ3n) is 1.46. The number of amides is 1. The molecule has 3 nitrogen and oxygen atoms in total. The second kappa shape index (κ2) is 5.06. The van der Waals surface area contributed by atoms with Crippen molar-refractivity contribution in [1.29, 1.82) is 0 Å². The molecule has 78 valence electrons. The predicted octanol–water partition coefficient (Wildman–Crippen LogP) is 0.663. The molecule has 0 aromatic heterocycles. The number of carbonyl (C=O) groups is 1. The van der Waals surface area contributed by atoms with Crippen LogP contribution in [0.3, 0.4) is 0 Å². The fraction of sp³-hybridized carbons (Fsp3) is 0.857. The highest BCUT2D eigenvalue weighted by atomic mass is 19.4. The zero-order valence-corrected chi connectivity index (χ0v) is 7.53. The standard InChI is InChI=1S/C7H13F3N2O/c1-5(11-2)4-12-6(13)3-7(8,9)10/h5,11H,3-4H2,1-2H3,(H,12,13). The monoisotopic (exact) mass is 198 g/mol. The van der Waals surface area contributed by atoms with Crippen molar-refractivity contribution in [2.45, 2.75) is 25.6 Å². The Balaban J connectivity index is 3.64. The van der Waals surface area contributed by atoms with Crippen LogP contribution in [0.2, 0.25) is 0 Å². The Bertz CT molecular complexity index is 170. The molecule has 1 unspecified atom stereocenters. The lowest BCUT2D eigenvalue weighted by atomic mass is 10.3. The van der Waals surface area contributed by atoms with Crippen molar-refractivity contribution in [3.8, 4) is 0 Å². The summed E-state index contributed by atoms with van der Waals surface area (Å²) in [5, 5.41) is 4.96. The first kappa shape index (κ1) is 12.2. The highest BCUT2D eigenvalue weighted by molar-refractivity contribution is 5.76. The van der Waals surface area contributed by atoms with Crippen LogP contribution in [0, 0.1) is 0 Å². The number of hydrogen-bond donors (Lipinski definition) is 2. The average Bonchev–Trinajstić information content (AvgIpc) is 1.97. The Morgan fingerprint density at radius 2 is 2.00 bits per heavy atom. The van der Waals surface area contributed by atoms with Gasteiger partial charge >= 0.3 is 6.18 Å². The quantitative estimate of drug-likeness (QED) is 0.696. The second-order valence-corrected chi connectivity index (χ2v) is 2.79. The molecule has 0 aliphatic heterocycles. The molecule has 0 radical (unpaired) electrons. The van der Waals surface area contributed by atoms with Gasteiger partial charge in [-0.05, 0) is 14.0 Å². The van der Waals surface area contributed by atoms with Crippen LogP contribution in [0.1, 0.15) is 13.3 Å². The van der Waals surface area contributed by atoms with Gasteiger partial charge in [-0.25, -0.2) is 0 Å². The molecule has 1 atom stereocenters. The number of halogens is 3. The molecule has 0 saturated carbocycles. The number of likely N-dealkylation sites (N-methyl/N-ethyl adjacent to an activating group) is 1. The first-order valence-electron chi connectivity index (χ1n) is 3.86. The maximum Gasteiger partial charge on any atom is 0.397 e. The van der Waals surface area contributed by atoms with Crippen LogP contribution in [0.5, 0.6) is 0 Å². The van der Waals surface area contributed by atoms with Crippen molar-refractivity contribution in [3.63, 3.8) is 0 Å². The van der Waals surface area contributed by atoms with Gasteiger partial charge in [0.15, 0.2) is 0 Å². The Hall–Kier alpha value is -0.780. The fourth-order valence-electron chi connectivity index (χ4n) is 0.614. The van der Waals surface area contributed by atoms with Crippen molar-refractivity contribution in [3.05, 3.63) is 0 Å². The van der Waals surface area contributed by atoms with Crippen LogP contribution in [0.25, 0.3) is 0 Å². The van der Waals surface area contributed by atoms with E-state index in [0.29, 0.717) is 0 Å². The van der Waals surface area contributed by atoms with Crippen molar-refractivity contribution in [2.75, 3.05) is 13.6 Å². The zero-order chi connectivity index (χ0) is 10.5. The van der Waals surface area contributed by atoms with Gasteiger partial charge in [-0.15, -0.1) is 0 Å². The Morgan fingerprint density at radius 1 is 1.46 bits per heavy atom. The minimum Gasteiger partial charge on any atom is -0.354 e. The molecule has 0 aromatic carbocycles. The average molecular weight is 198 g/mol. The second-order valence-electron chi connectivity index (χ2n) is 2.79. The predicted molar refractivity (Wildman–Crippen MR) is 42.2 cm³/mol. The van der Waals surface area contributed by atoms with E-state index in [2.05, 4.69) is 10.6 Å². The minimum atomic E-state index is -4.42. The van der Waals surface area contributed by atoms with Crippen LogP contribution < -0.4 is 10.6 Å². The maximum absolute atomic E-state index is 11.6. The van der Waals surface area contributed by atoms with Crippen LogP contribution in [-0.2, 0) is 4.79 Å². The summed E-state index contributed by atoms with van der Waals surface area (Å²) in [7, 11) is 1.67. The van der Waals surface area contributed by atoms with Gasteiger partial charge in [0.2, 0.25) is 5.91 Å². The number of alkyl halides is 3. The number of nitrogens with one attached hydrogen (secondary N) is 2. The third kappa shape index (κ3) is 7.58. The van der Waals surface area contributed by atoms with Crippen LogP contribution in [0.4, 0.5) is 13.2 Å². The molecule has 0 aliphatic rings. The van der Waals surface area contributed by atoms with Gasteiger partial charge in [-0.1, -0.05) is 0 Å². The molecule has 0 rings (SSSR count). The van der Waals surface area contributed by atoms with E-state index < -0.39 is 18.5 Å². The summed E-state index contributed by atoms with van der Waals surface area (Å²) < 4.78 is 34.9. The molecule has 0 fully saturated rings. The van der Waals surface area contributed by atoms with Gasteiger partial charge in [-0.2, -0.15) is 13.2 Å². The third-order valence-corrected chi connectivity index (χ3v) is 1.46. The lowest BCUT2D eigenvalue weighted by Crippen LogP contribution is -2.38. The largest absolute Gasteiger partial charge is 0.397 e. The summed E-state index contributed by atoms with van der Waals surface area (Å²) in [4.78, 5) is 10.6. The zero-order valence-electron chi connectivity index (χ0n) is 7.53. The number of hydrogen-bond acceptors (Lipinski definition) is 2. The molecule has 0 heterocycles. The summed E-state index contributed by atoms with van der Waals surface area (Å²) >= 11 is 0. The topological polar surface area (TPSA) is 41.1 Å². The van der Waals surface area contributed by atoms with E-state index in [4.69, 9.17) is 0 Å². The number of rotatable bonds is 4. The molecule has 0 spiro atoms. The van der Waals surface area contributed by atoms with Crippen LogP contribution >= 0.6 is 0 Å². The lowest BCUT2D eigenvalue weighted by molar-refractivity contribution is -0.153. The lowest BCUT2D eigenvalue weighted by Gasteiger charge is -2.12. The van der Waals surface area contributed by atoms with Crippen molar-refractivity contribution in [1.82, 2.24) is 10.6 Å². The first-order chi connectivity index (χ1) is 5.85. The molecule has 13 heavy (non-hydrogen) atoms. The molecule has 2 N–H and O–H groups in total. The summed E-state index contributed by atoms with van der Waals surface area (Å²) in [6.07, 6.45) is -5.84. The van der Waals surface area contributed by atoms with Gasteiger partial charge < -0.3 is 10.6 Å². The Labute approximate surface area is 74.7 Å². The number of carbonyl (C=O) groups excluding carboxylic acids is 1.